The van der Waals surface area contributed by atoms with Gasteiger partial charge in [0.15, 0.2) is 5.78 Å². The molecular weight excluding hydrogens is 200 g/mol. The summed E-state index contributed by atoms with van der Waals surface area (Å²) in [5.74, 6) is 0.602. The third kappa shape index (κ3) is 2.73. The molecule has 1 fully saturated rings. The zero-order valence-corrected chi connectivity index (χ0v) is 9.35. The molecule has 0 amide bonds. The van der Waals surface area contributed by atoms with E-state index in [1.54, 1.807) is 0 Å². The molecule has 0 aliphatic heterocycles. The summed E-state index contributed by atoms with van der Waals surface area (Å²) < 4.78 is 2.05. The monoisotopic (exact) mass is 216 g/mol. The van der Waals surface area contributed by atoms with Crippen molar-refractivity contribution in [3.63, 3.8) is 0 Å². The van der Waals surface area contributed by atoms with Gasteiger partial charge >= 0.3 is 0 Å². The number of hydrogen-bond donors (Lipinski definition) is 0. The average molecular weight is 216 g/mol. The van der Waals surface area contributed by atoms with Crippen LogP contribution in [0.5, 0.6) is 0 Å². The largest absolute Gasteiger partial charge is 0.354 e. The summed E-state index contributed by atoms with van der Waals surface area (Å²) in [6, 6.07) is 4.04. The number of ketones is 1. The molecule has 1 heterocycles. The lowest BCUT2D eigenvalue weighted by Gasteiger charge is -2.00. The molecule has 3 nitrogen and oxygen atoms in total. The Kier molecular flexibility index (Phi) is 3.40. The maximum Gasteiger partial charge on any atom is 0.167 e. The predicted molar refractivity (Wildman–Crippen MR) is 61.0 cm³/mol. The van der Waals surface area contributed by atoms with Crippen molar-refractivity contribution in [2.24, 2.45) is 5.92 Å². The SMILES string of the molecule is N#CCCCCn1ccc(C(=O)C2CC2)c1. The van der Waals surface area contributed by atoms with Crippen molar-refractivity contribution in [2.75, 3.05) is 0 Å². The molecule has 1 aromatic rings. The molecular formula is C13H16N2O. The van der Waals surface area contributed by atoms with E-state index >= 15 is 0 Å². The molecule has 0 N–H and O–H groups in total. The molecule has 0 atom stereocenters. The lowest BCUT2D eigenvalue weighted by atomic mass is 10.1. The zero-order chi connectivity index (χ0) is 11.4. The molecule has 1 aliphatic rings. The highest BCUT2D eigenvalue weighted by molar-refractivity contribution is 5.99. The van der Waals surface area contributed by atoms with E-state index in [2.05, 4.69) is 6.07 Å². The Balaban J connectivity index is 1.82. The van der Waals surface area contributed by atoms with Crippen LogP contribution in [-0.4, -0.2) is 10.4 Å². The molecule has 0 saturated heterocycles. The minimum atomic E-state index is 0.300. The summed E-state index contributed by atoms with van der Waals surface area (Å²) in [4.78, 5) is 11.7. The van der Waals surface area contributed by atoms with E-state index in [4.69, 9.17) is 5.26 Å². The zero-order valence-electron chi connectivity index (χ0n) is 9.35. The number of hydrogen-bond acceptors (Lipinski definition) is 2. The molecule has 3 heteroatoms. The Morgan fingerprint density at radius 1 is 1.50 bits per heavy atom. The fourth-order valence-corrected chi connectivity index (χ4v) is 1.81. The summed E-state index contributed by atoms with van der Waals surface area (Å²) in [6.07, 6.45) is 8.57. The topological polar surface area (TPSA) is 45.8 Å². The van der Waals surface area contributed by atoms with Gasteiger partial charge in [0.25, 0.3) is 0 Å². The van der Waals surface area contributed by atoms with Crippen LogP contribution < -0.4 is 0 Å². The minimum Gasteiger partial charge on any atom is -0.354 e. The third-order valence-corrected chi connectivity index (χ3v) is 2.94. The van der Waals surface area contributed by atoms with Gasteiger partial charge in [-0.2, -0.15) is 5.26 Å². The maximum atomic E-state index is 11.7. The molecule has 1 aromatic heterocycles. The first-order valence-electron chi connectivity index (χ1n) is 5.88. The summed E-state index contributed by atoms with van der Waals surface area (Å²) in [6.45, 7) is 0.902. The second-order valence-corrected chi connectivity index (χ2v) is 4.39. The highest BCUT2D eigenvalue weighted by Crippen LogP contribution is 2.32. The van der Waals surface area contributed by atoms with Gasteiger partial charge in [0.05, 0.1) is 6.07 Å². The fourth-order valence-electron chi connectivity index (χ4n) is 1.81. The predicted octanol–water partition coefficient (Wildman–Crippen LogP) is 2.77. The molecule has 2 rings (SSSR count). The van der Waals surface area contributed by atoms with Gasteiger partial charge in [-0.25, -0.2) is 0 Å². The van der Waals surface area contributed by atoms with Gasteiger partial charge in [0.2, 0.25) is 0 Å². The van der Waals surface area contributed by atoms with Crippen molar-refractivity contribution in [3.8, 4) is 6.07 Å². The van der Waals surface area contributed by atoms with Crippen molar-refractivity contribution in [3.05, 3.63) is 24.0 Å². The number of carbonyl (C=O) groups excluding carboxylic acids is 1. The lowest BCUT2D eigenvalue weighted by Crippen LogP contribution is -2.00. The number of Topliss-reactive ketones (excluding diaryl/α,β-unsaturated/α-hetero) is 1. The van der Waals surface area contributed by atoms with E-state index in [0.717, 1.165) is 37.8 Å². The van der Waals surface area contributed by atoms with E-state index in [-0.39, 0.29) is 0 Å². The van der Waals surface area contributed by atoms with Gasteiger partial charge in [0, 0.05) is 36.8 Å². The second-order valence-electron chi connectivity index (χ2n) is 4.39. The van der Waals surface area contributed by atoms with Crippen molar-refractivity contribution >= 4 is 5.78 Å². The van der Waals surface area contributed by atoms with Gasteiger partial charge in [-0.05, 0) is 31.7 Å². The Morgan fingerprint density at radius 2 is 2.31 bits per heavy atom. The van der Waals surface area contributed by atoms with Gasteiger partial charge in [-0.15, -0.1) is 0 Å². The molecule has 16 heavy (non-hydrogen) atoms. The van der Waals surface area contributed by atoms with Crippen LogP contribution in [0.4, 0.5) is 0 Å². The van der Waals surface area contributed by atoms with Crippen molar-refractivity contribution in [1.82, 2.24) is 4.57 Å². The van der Waals surface area contributed by atoms with Crippen LogP contribution >= 0.6 is 0 Å². The van der Waals surface area contributed by atoms with Crippen molar-refractivity contribution in [2.45, 2.75) is 38.6 Å². The van der Waals surface area contributed by atoms with Gasteiger partial charge in [-0.3, -0.25) is 4.79 Å². The van der Waals surface area contributed by atoms with Crippen molar-refractivity contribution < 1.29 is 4.79 Å². The van der Waals surface area contributed by atoms with E-state index in [1.807, 2.05) is 23.0 Å². The fraction of sp³-hybridized carbons (Fsp3) is 0.538. The van der Waals surface area contributed by atoms with Crippen LogP contribution in [0.25, 0.3) is 0 Å². The van der Waals surface area contributed by atoms with Crippen LogP contribution in [0, 0.1) is 17.2 Å². The quantitative estimate of drug-likeness (QED) is 0.542. The Labute approximate surface area is 95.7 Å². The highest BCUT2D eigenvalue weighted by atomic mass is 16.1. The molecule has 84 valence electrons. The first kappa shape index (κ1) is 10.9. The van der Waals surface area contributed by atoms with Gasteiger partial charge < -0.3 is 4.57 Å². The summed E-state index contributed by atoms with van der Waals surface area (Å²) >= 11 is 0. The first-order chi connectivity index (χ1) is 7.81. The Morgan fingerprint density at radius 3 is 3.00 bits per heavy atom. The lowest BCUT2D eigenvalue weighted by molar-refractivity contribution is 0.0967. The number of carbonyl (C=O) groups is 1. The van der Waals surface area contributed by atoms with Gasteiger partial charge in [-0.1, -0.05) is 0 Å². The molecule has 0 radical (unpaired) electrons. The summed E-state index contributed by atoms with van der Waals surface area (Å²) in [5, 5.41) is 8.41. The number of rotatable bonds is 6. The van der Waals surface area contributed by atoms with E-state index in [0.29, 0.717) is 18.1 Å². The summed E-state index contributed by atoms with van der Waals surface area (Å²) in [7, 11) is 0. The van der Waals surface area contributed by atoms with Crippen LogP contribution in [-0.2, 0) is 6.54 Å². The van der Waals surface area contributed by atoms with E-state index in [9.17, 15) is 4.79 Å². The average Bonchev–Trinajstić information content (AvgIpc) is 3.03. The van der Waals surface area contributed by atoms with Crippen molar-refractivity contribution in [1.29, 1.82) is 5.26 Å². The summed E-state index contributed by atoms with van der Waals surface area (Å²) in [5.41, 5.74) is 0.850. The maximum absolute atomic E-state index is 11.7. The number of aromatic nitrogens is 1. The van der Waals surface area contributed by atoms with Crippen LogP contribution in [0.1, 0.15) is 42.5 Å². The number of nitriles is 1. The highest BCUT2D eigenvalue weighted by Gasteiger charge is 2.30. The number of aryl methyl sites for hydroxylation is 1. The second kappa shape index (κ2) is 4.98. The Bertz CT molecular complexity index is 410. The van der Waals surface area contributed by atoms with E-state index < -0.39 is 0 Å². The molecule has 0 unspecified atom stereocenters. The first-order valence-corrected chi connectivity index (χ1v) is 5.88. The normalized spacial score (nSPS) is 14.7. The van der Waals surface area contributed by atoms with Crippen LogP contribution in [0.3, 0.4) is 0 Å². The molecule has 1 aliphatic carbocycles. The minimum absolute atomic E-state index is 0.300. The molecule has 0 bridgehead atoms. The third-order valence-electron chi connectivity index (χ3n) is 2.94. The molecule has 0 spiro atoms. The van der Waals surface area contributed by atoms with Gasteiger partial charge in [0.1, 0.15) is 0 Å². The molecule has 0 aromatic carbocycles. The number of unbranched alkanes of at least 4 members (excludes halogenated alkanes) is 2. The van der Waals surface area contributed by atoms with E-state index in [1.165, 1.54) is 0 Å². The van der Waals surface area contributed by atoms with Crippen LogP contribution in [0.15, 0.2) is 18.5 Å². The Hall–Kier alpha value is -1.56. The van der Waals surface area contributed by atoms with Crippen LogP contribution in [0.2, 0.25) is 0 Å². The molecule has 1 saturated carbocycles. The number of nitrogens with zero attached hydrogens (tertiary/aromatic N) is 2. The standard InChI is InChI=1S/C13H16N2O/c14-7-2-1-3-8-15-9-6-12(10-15)13(16)11-4-5-11/h6,9-11H,1-5,8H2. The smallest absolute Gasteiger partial charge is 0.167 e.